The van der Waals surface area contributed by atoms with Gasteiger partial charge < -0.3 is 4.81 Å². The Morgan fingerprint density at radius 3 is 2.31 bits per heavy atom. The summed E-state index contributed by atoms with van der Waals surface area (Å²) in [6.07, 6.45) is 4.15. The quantitative estimate of drug-likeness (QED) is 0.487. The Morgan fingerprint density at radius 2 is 1.58 bits per heavy atom. The molecule has 0 radical (unpaired) electrons. The molecule has 1 aliphatic heterocycles. The normalized spacial score (nSPS) is 13.2. The monoisotopic (exact) mass is 339 g/mol. The van der Waals surface area contributed by atoms with Crippen LogP contribution in [0.5, 0.6) is 0 Å². The van der Waals surface area contributed by atoms with E-state index in [-0.39, 0.29) is 12.7 Å². The second-order valence-corrected chi connectivity index (χ2v) is 6.42. The summed E-state index contributed by atoms with van der Waals surface area (Å²) in [5.41, 5.74) is 5.76. The Bertz CT molecular complexity index is 947. The summed E-state index contributed by atoms with van der Waals surface area (Å²) in [5.74, 6) is -0.218. The van der Waals surface area contributed by atoms with Crippen molar-refractivity contribution in [3.05, 3.63) is 108 Å². The summed E-state index contributed by atoms with van der Waals surface area (Å²) in [6.45, 7) is 4.74. The van der Waals surface area contributed by atoms with Crippen molar-refractivity contribution in [3.63, 3.8) is 0 Å². The molecule has 3 aromatic rings. The molecule has 126 valence electrons. The number of fused-ring (bicyclic) bond motifs is 1. The Kier molecular flexibility index (Phi) is 4.45. The van der Waals surface area contributed by atoms with Crippen LogP contribution in [0.25, 0.3) is 11.5 Å². The molecule has 1 heterocycles. The molecule has 0 fully saturated rings. The number of para-hydroxylation sites is 1. The number of nitrogens with zero attached hydrogens (tertiary/aromatic N) is 1. The summed E-state index contributed by atoms with van der Waals surface area (Å²) < 4.78 is 13.5. The lowest BCUT2D eigenvalue weighted by molar-refractivity contribution is 0.627. The fourth-order valence-electron chi connectivity index (χ4n) is 3.65. The highest BCUT2D eigenvalue weighted by molar-refractivity contribution is 6.94. The highest BCUT2D eigenvalue weighted by Gasteiger charge is 2.34. The van der Waals surface area contributed by atoms with Crippen LogP contribution < -0.4 is 10.3 Å². The summed E-state index contributed by atoms with van der Waals surface area (Å²) >= 11 is 0. The third-order valence-corrected chi connectivity index (χ3v) is 4.78. The van der Waals surface area contributed by atoms with Crippen LogP contribution in [0, 0.1) is 5.82 Å². The van der Waals surface area contributed by atoms with Gasteiger partial charge >= 0.3 is 6.85 Å². The van der Waals surface area contributed by atoms with E-state index < -0.39 is 0 Å². The Hall–Kier alpha value is -3.07. The van der Waals surface area contributed by atoms with Crippen LogP contribution in [0.1, 0.15) is 11.1 Å². The number of halogens is 1. The van der Waals surface area contributed by atoms with Gasteiger partial charge in [-0.05, 0) is 34.8 Å². The molecule has 4 rings (SSSR count). The van der Waals surface area contributed by atoms with E-state index in [0.29, 0.717) is 0 Å². The van der Waals surface area contributed by atoms with Gasteiger partial charge in [-0.25, -0.2) is 4.39 Å². The molecule has 3 heteroatoms. The molecule has 0 amide bonds. The molecule has 0 saturated carbocycles. The first-order valence-electron chi connectivity index (χ1n) is 8.77. The zero-order valence-corrected chi connectivity index (χ0v) is 14.5. The first kappa shape index (κ1) is 16.4. The molecule has 0 saturated heterocycles. The average Bonchev–Trinajstić information content (AvgIpc) is 2.69. The highest BCUT2D eigenvalue weighted by Crippen LogP contribution is 2.35. The smallest absolute Gasteiger partial charge is 0.324 e. The van der Waals surface area contributed by atoms with Gasteiger partial charge in [0.2, 0.25) is 0 Å². The molecule has 0 aromatic heterocycles. The van der Waals surface area contributed by atoms with Crippen molar-refractivity contribution in [1.82, 2.24) is 0 Å². The van der Waals surface area contributed by atoms with Crippen LogP contribution in [0.2, 0.25) is 0 Å². The SMILES string of the molecule is C=CCN1B(c2ccccc2)C(c2ccc(F)cc2)=Cc2ccccc21. The molecule has 3 aromatic carbocycles. The standard InChI is InChI=1S/C23H19BFN/c1-2-16-26-23-11-7-6-8-19(23)17-22(18-12-14-21(25)15-13-18)24(26)20-9-4-3-5-10-20/h2-15,17H,1,16H2. The fraction of sp³-hybridized carbons (Fsp3) is 0.0435. The van der Waals surface area contributed by atoms with E-state index in [4.69, 9.17) is 0 Å². The van der Waals surface area contributed by atoms with E-state index in [1.807, 2.05) is 30.3 Å². The van der Waals surface area contributed by atoms with Crippen LogP contribution >= 0.6 is 0 Å². The predicted octanol–water partition coefficient (Wildman–Crippen LogP) is 4.81. The van der Waals surface area contributed by atoms with E-state index >= 15 is 0 Å². The van der Waals surface area contributed by atoms with E-state index in [2.05, 4.69) is 59.9 Å². The number of benzene rings is 3. The van der Waals surface area contributed by atoms with Crippen LogP contribution in [-0.4, -0.2) is 13.4 Å². The minimum atomic E-state index is -0.218. The molecule has 0 unspecified atom stereocenters. The third kappa shape index (κ3) is 2.97. The molecule has 1 aliphatic rings. The van der Waals surface area contributed by atoms with Gasteiger partial charge in [-0.1, -0.05) is 78.3 Å². The minimum Gasteiger partial charge on any atom is -0.403 e. The van der Waals surface area contributed by atoms with Crippen molar-refractivity contribution in [2.75, 3.05) is 11.4 Å². The molecular formula is C23H19BFN. The van der Waals surface area contributed by atoms with Gasteiger partial charge in [-0.15, -0.1) is 6.58 Å². The maximum atomic E-state index is 13.5. The Morgan fingerprint density at radius 1 is 0.885 bits per heavy atom. The van der Waals surface area contributed by atoms with Crippen molar-refractivity contribution < 1.29 is 4.39 Å². The van der Waals surface area contributed by atoms with Gasteiger partial charge in [0.1, 0.15) is 5.82 Å². The van der Waals surface area contributed by atoms with Crippen molar-refractivity contribution in [3.8, 4) is 0 Å². The Balaban J connectivity index is 1.94. The lowest BCUT2D eigenvalue weighted by atomic mass is 9.45. The largest absolute Gasteiger partial charge is 0.403 e. The third-order valence-electron chi connectivity index (χ3n) is 4.78. The summed E-state index contributed by atoms with van der Waals surface area (Å²) in [6, 6.07) is 25.6. The van der Waals surface area contributed by atoms with E-state index in [0.717, 1.165) is 17.6 Å². The molecule has 26 heavy (non-hydrogen) atoms. The molecule has 0 atom stereocenters. The highest BCUT2D eigenvalue weighted by atomic mass is 19.1. The van der Waals surface area contributed by atoms with Crippen molar-refractivity contribution in [2.45, 2.75) is 0 Å². The lowest BCUT2D eigenvalue weighted by Gasteiger charge is -2.37. The Labute approximate surface area is 154 Å². The van der Waals surface area contributed by atoms with Crippen LogP contribution in [-0.2, 0) is 0 Å². The lowest BCUT2D eigenvalue weighted by Crippen LogP contribution is -2.51. The van der Waals surface area contributed by atoms with Crippen molar-refractivity contribution in [2.24, 2.45) is 0 Å². The predicted molar refractivity (Wildman–Crippen MR) is 110 cm³/mol. The first-order valence-corrected chi connectivity index (χ1v) is 8.77. The molecule has 1 nitrogen and oxygen atoms in total. The molecule has 0 spiro atoms. The topological polar surface area (TPSA) is 3.24 Å². The van der Waals surface area contributed by atoms with Crippen molar-refractivity contribution in [1.29, 1.82) is 0 Å². The molecule has 0 aliphatic carbocycles. The van der Waals surface area contributed by atoms with Gasteiger partial charge in [0.05, 0.1) is 0 Å². The van der Waals surface area contributed by atoms with E-state index in [1.54, 1.807) is 0 Å². The summed E-state index contributed by atoms with van der Waals surface area (Å²) in [4.78, 5) is 2.36. The second kappa shape index (κ2) is 7.05. The van der Waals surface area contributed by atoms with Crippen molar-refractivity contribution >= 4 is 29.5 Å². The molecule has 0 bridgehead atoms. The van der Waals surface area contributed by atoms with Crippen LogP contribution in [0.3, 0.4) is 0 Å². The van der Waals surface area contributed by atoms with Gasteiger partial charge in [0.15, 0.2) is 0 Å². The molecule has 0 N–H and O–H groups in total. The molecular weight excluding hydrogens is 320 g/mol. The maximum Gasteiger partial charge on any atom is 0.324 e. The van der Waals surface area contributed by atoms with E-state index in [9.17, 15) is 4.39 Å². The van der Waals surface area contributed by atoms with Gasteiger partial charge in [0.25, 0.3) is 0 Å². The zero-order chi connectivity index (χ0) is 17.9. The first-order chi connectivity index (χ1) is 12.8. The maximum absolute atomic E-state index is 13.5. The van der Waals surface area contributed by atoms with Gasteiger partial charge in [-0.3, -0.25) is 0 Å². The van der Waals surface area contributed by atoms with Gasteiger partial charge in [-0.2, -0.15) is 0 Å². The summed E-state index contributed by atoms with van der Waals surface area (Å²) in [7, 11) is 0. The van der Waals surface area contributed by atoms with Crippen LogP contribution in [0.15, 0.2) is 91.5 Å². The minimum absolute atomic E-state index is 0.0505. The number of hydrogen-bond donors (Lipinski definition) is 0. The fourth-order valence-corrected chi connectivity index (χ4v) is 3.65. The number of rotatable bonds is 4. The van der Waals surface area contributed by atoms with E-state index in [1.165, 1.54) is 28.8 Å². The summed E-state index contributed by atoms with van der Waals surface area (Å²) in [5, 5.41) is 0. The van der Waals surface area contributed by atoms with Crippen LogP contribution in [0.4, 0.5) is 10.1 Å². The van der Waals surface area contributed by atoms with Gasteiger partial charge in [0, 0.05) is 12.2 Å². The second-order valence-electron chi connectivity index (χ2n) is 6.42. The number of hydrogen-bond acceptors (Lipinski definition) is 1. The zero-order valence-electron chi connectivity index (χ0n) is 14.5. The average molecular weight is 339 g/mol. The number of anilines is 1.